The van der Waals surface area contributed by atoms with Crippen molar-refractivity contribution < 1.29 is 14.1 Å². The van der Waals surface area contributed by atoms with E-state index in [0.29, 0.717) is 18.0 Å². The van der Waals surface area contributed by atoms with Gasteiger partial charge in [-0.05, 0) is 34.7 Å². The van der Waals surface area contributed by atoms with Gasteiger partial charge < -0.3 is 4.74 Å². The van der Waals surface area contributed by atoms with Crippen LogP contribution in [0.3, 0.4) is 0 Å². The van der Waals surface area contributed by atoms with Gasteiger partial charge in [-0.1, -0.05) is 78.9 Å². The fraction of sp³-hybridized carbons (Fsp3) is 0.0370. The Morgan fingerprint density at radius 2 is 1.37 bits per heavy atom. The maximum absolute atomic E-state index is 13.3. The van der Waals surface area contributed by atoms with Gasteiger partial charge in [0.15, 0.2) is 12.7 Å². The fourth-order valence-corrected chi connectivity index (χ4v) is 3.80. The molecule has 2 aromatic carbocycles. The van der Waals surface area contributed by atoms with E-state index in [-0.39, 0.29) is 5.97 Å². The Morgan fingerprint density at radius 3 is 2.10 bits per heavy atom. The quantitative estimate of drug-likeness (QED) is 0.300. The van der Waals surface area contributed by atoms with E-state index in [1.54, 1.807) is 0 Å². The van der Waals surface area contributed by atoms with Gasteiger partial charge in [-0.25, -0.2) is 4.79 Å². The van der Waals surface area contributed by atoms with Crippen molar-refractivity contribution >= 4 is 16.7 Å². The lowest BCUT2D eigenvalue weighted by Gasteiger charge is -2.07. The van der Waals surface area contributed by atoms with Crippen LogP contribution >= 0.6 is 0 Å². The van der Waals surface area contributed by atoms with Crippen LogP contribution in [0.1, 0.15) is 16.1 Å². The second-order valence-electron chi connectivity index (χ2n) is 7.27. The summed E-state index contributed by atoms with van der Waals surface area (Å²) >= 11 is 0. The summed E-state index contributed by atoms with van der Waals surface area (Å²) in [5, 5.41) is 1.89. The second-order valence-corrected chi connectivity index (χ2v) is 7.27. The van der Waals surface area contributed by atoms with Gasteiger partial charge in [-0.15, -0.1) is 0 Å². The predicted molar refractivity (Wildman–Crippen MR) is 118 cm³/mol. The third-order valence-corrected chi connectivity index (χ3v) is 5.24. The molecule has 0 spiro atoms. The smallest absolute Gasteiger partial charge is 0.409 e. The van der Waals surface area contributed by atoms with Crippen LogP contribution in [0.2, 0.25) is 0 Å². The topological polar surface area (TPSA) is 30.2 Å². The maximum atomic E-state index is 13.3. The van der Waals surface area contributed by atoms with Crippen molar-refractivity contribution in [1.82, 2.24) is 0 Å². The van der Waals surface area contributed by atoms with E-state index in [9.17, 15) is 4.79 Å². The largest absolute Gasteiger partial charge is 0.418 e. The van der Waals surface area contributed by atoms with Crippen molar-refractivity contribution in [2.75, 3.05) is 0 Å². The van der Waals surface area contributed by atoms with Crippen LogP contribution in [-0.2, 0) is 6.54 Å². The minimum absolute atomic E-state index is 0.359. The van der Waals surface area contributed by atoms with Crippen LogP contribution in [0.25, 0.3) is 21.9 Å². The highest BCUT2D eigenvalue weighted by molar-refractivity contribution is 6.02. The molecule has 0 unspecified atom stereocenters. The monoisotopic (exact) mass is 390 g/mol. The zero-order valence-electron chi connectivity index (χ0n) is 16.4. The Kier molecular flexibility index (Phi) is 4.70. The molecule has 0 radical (unpaired) electrons. The number of hydrogen-bond acceptors (Lipinski definition) is 2. The summed E-state index contributed by atoms with van der Waals surface area (Å²) in [6.45, 7) is 0.592. The van der Waals surface area contributed by atoms with Gasteiger partial charge in [0.1, 0.15) is 5.75 Å². The molecule has 0 saturated carbocycles. The molecule has 2 aliphatic carbocycles. The summed E-state index contributed by atoms with van der Waals surface area (Å²) in [6, 6.07) is 33.8. The number of nitrogens with zero attached hydrogens (tertiary/aromatic N) is 1. The number of carbonyl (C=O) groups excluding carboxylic acids is 1. The van der Waals surface area contributed by atoms with Gasteiger partial charge in [0.25, 0.3) is 5.69 Å². The van der Waals surface area contributed by atoms with E-state index in [1.165, 1.54) is 0 Å². The number of rotatable bonds is 4. The molecule has 0 fully saturated rings. The summed E-state index contributed by atoms with van der Waals surface area (Å²) in [5.74, 6) is 0.197. The first kappa shape index (κ1) is 18.1. The molecule has 3 aromatic rings. The molecule has 3 heteroatoms. The number of pyridine rings is 1. The SMILES string of the molecule is O=C(Oc1cc2cccccc-2c1)c1c2ccccc2cc[n+]1Cc1ccccc1. The molecular weight excluding hydrogens is 370 g/mol. The van der Waals surface area contributed by atoms with Crippen LogP contribution in [0, 0.1) is 0 Å². The lowest BCUT2D eigenvalue weighted by atomic mass is 10.1. The van der Waals surface area contributed by atoms with Crippen molar-refractivity contribution in [2.45, 2.75) is 6.54 Å². The lowest BCUT2D eigenvalue weighted by Crippen LogP contribution is -2.42. The second kappa shape index (κ2) is 7.80. The summed E-state index contributed by atoms with van der Waals surface area (Å²) < 4.78 is 7.80. The molecule has 0 N–H and O–H groups in total. The summed E-state index contributed by atoms with van der Waals surface area (Å²) in [7, 11) is 0. The van der Waals surface area contributed by atoms with Gasteiger partial charge in [0.05, 0.1) is 5.39 Å². The molecule has 0 atom stereocenters. The zero-order valence-corrected chi connectivity index (χ0v) is 16.4. The number of benzene rings is 2. The number of aromatic nitrogens is 1. The number of carbonyl (C=O) groups is 1. The van der Waals surface area contributed by atoms with Crippen molar-refractivity contribution in [3.63, 3.8) is 0 Å². The number of hydrogen-bond donors (Lipinski definition) is 0. The summed E-state index contributed by atoms with van der Waals surface area (Å²) in [5.41, 5.74) is 3.75. The highest BCUT2D eigenvalue weighted by Crippen LogP contribution is 2.30. The first-order valence-electron chi connectivity index (χ1n) is 9.94. The molecule has 0 amide bonds. The van der Waals surface area contributed by atoms with Crippen LogP contribution in [0.5, 0.6) is 5.75 Å². The molecule has 1 heterocycles. The molecule has 144 valence electrons. The molecule has 2 aliphatic rings. The molecule has 0 saturated heterocycles. The van der Waals surface area contributed by atoms with Gasteiger partial charge in [-0.3, -0.25) is 0 Å². The Bertz CT molecular complexity index is 1280. The number of esters is 1. The first-order chi connectivity index (χ1) is 14.8. The van der Waals surface area contributed by atoms with Gasteiger partial charge in [0, 0.05) is 11.6 Å². The highest BCUT2D eigenvalue weighted by atomic mass is 16.5. The van der Waals surface area contributed by atoms with E-state index in [0.717, 1.165) is 27.5 Å². The summed E-state index contributed by atoms with van der Waals surface area (Å²) in [4.78, 5) is 13.3. The van der Waals surface area contributed by atoms with E-state index in [4.69, 9.17) is 4.74 Å². The fourth-order valence-electron chi connectivity index (χ4n) is 3.80. The number of ether oxygens (including phenoxy) is 1. The molecule has 3 nitrogen and oxygen atoms in total. The third-order valence-electron chi connectivity index (χ3n) is 5.24. The van der Waals surface area contributed by atoms with Gasteiger partial charge in [-0.2, -0.15) is 4.57 Å². The van der Waals surface area contributed by atoms with Crippen LogP contribution < -0.4 is 9.30 Å². The van der Waals surface area contributed by atoms with Crippen LogP contribution in [0.15, 0.2) is 109 Å². The minimum Gasteiger partial charge on any atom is -0.418 e. The molecule has 1 aromatic heterocycles. The standard InChI is InChI=1S/C27H20NO2/c29-27(30-24-17-22-12-5-2-6-13-23(22)18-24)26-25-14-8-7-11-21(25)15-16-28(26)19-20-9-3-1-4-10-20/h1-18H,19H2/q+1. The van der Waals surface area contributed by atoms with Crippen LogP contribution in [0.4, 0.5) is 0 Å². The maximum Gasteiger partial charge on any atom is 0.409 e. The normalized spacial score (nSPS) is 10.9. The minimum atomic E-state index is -0.359. The molecule has 30 heavy (non-hydrogen) atoms. The van der Waals surface area contributed by atoms with Crippen LogP contribution in [-0.4, -0.2) is 5.97 Å². The molecule has 5 rings (SSSR count). The first-order valence-corrected chi connectivity index (χ1v) is 9.94. The van der Waals surface area contributed by atoms with E-state index in [1.807, 2.05) is 102 Å². The Hall–Kier alpha value is -3.98. The average molecular weight is 390 g/mol. The lowest BCUT2D eigenvalue weighted by molar-refractivity contribution is -0.689. The third kappa shape index (κ3) is 3.53. The van der Waals surface area contributed by atoms with E-state index in [2.05, 4.69) is 12.1 Å². The van der Waals surface area contributed by atoms with Gasteiger partial charge >= 0.3 is 5.97 Å². The van der Waals surface area contributed by atoms with Crippen molar-refractivity contribution in [3.05, 3.63) is 121 Å². The van der Waals surface area contributed by atoms with Crippen molar-refractivity contribution in [1.29, 1.82) is 0 Å². The van der Waals surface area contributed by atoms with E-state index >= 15 is 0 Å². The Morgan fingerprint density at radius 1 is 0.733 bits per heavy atom. The molecular formula is C27H20NO2+. The number of fused-ring (bicyclic) bond motifs is 2. The van der Waals surface area contributed by atoms with Crippen molar-refractivity contribution in [2.24, 2.45) is 0 Å². The predicted octanol–water partition coefficient (Wildman–Crippen LogP) is 5.50. The highest BCUT2D eigenvalue weighted by Gasteiger charge is 2.26. The average Bonchev–Trinajstić information content (AvgIpc) is 3.01. The van der Waals surface area contributed by atoms with Gasteiger partial charge in [0.2, 0.25) is 0 Å². The summed E-state index contributed by atoms with van der Waals surface area (Å²) in [6.07, 6.45) is 1.95. The molecule has 0 bridgehead atoms. The van der Waals surface area contributed by atoms with Crippen molar-refractivity contribution in [3.8, 4) is 16.9 Å². The molecule has 0 aliphatic heterocycles. The Balaban J connectivity index is 1.56. The zero-order chi connectivity index (χ0) is 20.3. The van der Waals surface area contributed by atoms with E-state index < -0.39 is 0 Å². The Labute approximate surface area is 175 Å².